The fourth-order valence-electron chi connectivity index (χ4n) is 1.96. The Kier molecular flexibility index (Phi) is 6.29. The van der Waals surface area contributed by atoms with Crippen molar-refractivity contribution in [3.63, 3.8) is 0 Å². The van der Waals surface area contributed by atoms with Gasteiger partial charge in [-0.3, -0.25) is 4.79 Å². The van der Waals surface area contributed by atoms with Crippen molar-refractivity contribution < 1.29 is 17.9 Å². The van der Waals surface area contributed by atoms with E-state index < -0.39 is 15.9 Å². The van der Waals surface area contributed by atoms with Crippen molar-refractivity contribution in [3.8, 4) is 5.75 Å². The minimum atomic E-state index is -3.79. The molecule has 1 amide bonds. The lowest BCUT2D eigenvalue weighted by atomic mass is 10.2. The first-order valence-corrected chi connectivity index (χ1v) is 9.58. The van der Waals surface area contributed by atoms with Crippen molar-refractivity contribution in [3.05, 3.63) is 52.0 Å². The van der Waals surface area contributed by atoms with Crippen LogP contribution in [0.1, 0.15) is 23.7 Å². The van der Waals surface area contributed by atoms with E-state index >= 15 is 0 Å². The molecule has 0 saturated heterocycles. The average Bonchev–Trinajstić information content (AvgIpc) is 2.53. The van der Waals surface area contributed by atoms with Crippen molar-refractivity contribution in [1.29, 1.82) is 0 Å². The van der Waals surface area contributed by atoms with Crippen molar-refractivity contribution in [2.24, 2.45) is 5.14 Å². The molecule has 0 aromatic heterocycles. The van der Waals surface area contributed by atoms with Crippen molar-refractivity contribution in [1.82, 2.24) is 0 Å². The molecule has 2 aromatic carbocycles. The smallest absolute Gasteiger partial charge is 0.255 e. The summed E-state index contributed by atoms with van der Waals surface area (Å²) >= 11 is 12.2. The molecule has 2 rings (SSSR count). The Bertz CT molecular complexity index is 861. The van der Waals surface area contributed by atoms with Crippen molar-refractivity contribution in [2.45, 2.75) is 18.2 Å². The van der Waals surface area contributed by atoms with E-state index in [1.54, 1.807) is 0 Å². The summed E-state index contributed by atoms with van der Waals surface area (Å²) in [4.78, 5) is 12.3. The monoisotopic (exact) mass is 402 g/mol. The van der Waals surface area contributed by atoms with Crippen LogP contribution in [0.4, 0.5) is 5.69 Å². The van der Waals surface area contributed by atoms with E-state index in [2.05, 4.69) is 5.32 Å². The lowest BCUT2D eigenvalue weighted by Gasteiger charge is -2.11. The Morgan fingerprint density at radius 1 is 1.16 bits per heavy atom. The van der Waals surface area contributed by atoms with Crippen LogP contribution in [0.2, 0.25) is 10.0 Å². The molecule has 0 unspecified atom stereocenters. The largest absolute Gasteiger partial charge is 0.490 e. The SMILES string of the molecule is CCCOc1c(Cl)cc(C(=O)Nc2ccc(S(N)(=O)=O)cc2)cc1Cl. The number of hydrogen-bond acceptors (Lipinski definition) is 4. The van der Waals surface area contributed by atoms with Crippen LogP contribution in [-0.4, -0.2) is 20.9 Å². The maximum atomic E-state index is 12.3. The number of halogens is 2. The molecular formula is C16H16Cl2N2O4S. The second-order valence-electron chi connectivity index (χ2n) is 5.14. The zero-order chi connectivity index (χ0) is 18.6. The third-order valence-corrected chi connectivity index (χ3v) is 4.64. The predicted molar refractivity (Wildman–Crippen MR) is 98.0 cm³/mol. The average molecular weight is 403 g/mol. The van der Waals surface area contributed by atoms with Gasteiger partial charge in [0.2, 0.25) is 10.0 Å². The molecule has 0 aliphatic carbocycles. The minimum Gasteiger partial charge on any atom is -0.490 e. The first kappa shape index (κ1) is 19.5. The maximum absolute atomic E-state index is 12.3. The molecule has 6 nitrogen and oxygen atoms in total. The summed E-state index contributed by atoms with van der Waals surface area (Å²) in [6, 6.07) is 8.36. The Balaban J connectivity index is 2.18. The van der Waals surface area contributed by atoms with Gasteiger partial charge in [0.25, 0.3) is 5.91 Å². The summed E-state index contributed by atoms with van der Waals surface area (Å²) in [6.07, 6.45) is 0.795. The standard InChI is InChI=1S/C16H16Cl2N2O4S/c1-2-7-24-15-13(17)8-10(9-14(15)18)16(21)20-11-3-5-12(6-4-11)25(19,22)23/h3-6,8-9H,2,7H2,1H3,(H,20,21)(H2,19,22,23). The highest BCUT2D eigenvalue weighted by molar-refractivity contribution is 7.89. The molecule has 0 aliphatic rings. The third-order valence-electron chi connectivity index (χ3n) is 3.15. The third kappa shape index (κ3) is 5.09. The number of carbonyl (C=O) groups is 1. The summed E-state index contributed by atoms with van der Waals surface area (Å²) in [5.41, 5.74) is 0.644. The van der Waals surface area contributed by atoms with Crippen LogP contribution in [0.25, 0.3) is 0 Å². The molecule has 9 heteroatoms. The van der Waals surface area contributed by atoms with Crippen LogP contribution < -0.4 is 15.2 Å². The van der Waals surface area contributed by atoms with E-state index in [-0.39, 0.29) is 20.5 Å². The van der Waals surface area contributed by atoms with E-state index in [4.69, 9.17) is 33.1 Å². The van der Waals surface area contributed by atoms with Gasteiger partial charge in [-0.25, -0.2) is 13.6 Å². The van der Waals surface area contributed by atoms with E-state index in [0.29, 0.717) is 18.0 Å². The molecule has 0 atom stereocenters. The number of primary sulfonamides is 1. The molecule has 25 heavy (non-hydrogen) atoms. The summed E-state index contributed by atoms with van der Waals surface area (Å²) in [5.74, 6) is -0.117. The molecule has 0 aliphatic heterocycles. The number of amides is 1. The second-order valence-corrected chi connectivity index (χ2v) is 7.52. The molecule has 0 fully saturated rings. The number of hydrogen-bond donors (Lipinski definition) is 2. The van der Waals surface area contributed by atoms with Crippen LogP contribution in [0, 0.1) is 0 Å². The van der Waals surface area contributed by atoms with E-state index in [9.17, 15) is 13.2 Å². The lowest BCUT2D eigenvalue weighted by molar-refractivity contribution is 0.102. The number of nitrogens with one attached hydrogen (secondary N) is 1. The first-order valence-electron chi connectivity index (χ1n) is 7.28. The van der Waals surface area contributed by atoms with Crippen molar-refractivity contribution >= 4 is 44.8 Å². The minimum absolute atomic E-state index is 0.0472. The lowest BCUT2D eigenvalue weighted by Crippen LogP contribution is -2.14. The van der Waals surface area contributed by atoms with Gasteiger partial charge in [0, 0.05) is 11.3 Å². The zero-order valence-electron chi connectivity index (χ0n) is 13.3. The van der Waals surface area contributed by atoms with Gasteiger partial charge < -0.3 is 10.1 Å². The maximum Gasteiger partial charge on any atom is 0.255 e. The normalized spacial score (nSPS) is 11.2. The number of carbonyl (C=O) groups excluding carboxylic acids is 1. The van der Waals surface area contributed by atoms with Gasteiger partial charge in [-0.1, -0.05) is 30.1 Å². The second kappa shape index (κ2) is 8.05. The number of nitrogens with two attached hydrogens (primary N) is 1. The van der Waals surface area contributed by atoms with Gasteiger partial charge in [0.15, 0.2) is 5.75 Å². The Morgan fingerprint density at radius 2 is 1.72 bits per heavy atom. The van der Waals surface area contributed by atoms with E-state index in [0.717, 1.165) is 6.42 Å². The van der Waals surface area contributed by atoms with Gasteiger partial charge in [0.05, 0.1) is 21.5 Å². The summed E-state index contributed by atoms with van der Waals surface area (Å²) in [7, 11) is -3.79. The van der Waals surface area contributed by atoms with Crippen LogP contribution in [0.5, 0.6) is 5.75 Å². The molecule has 2 aromatic rings. The van der Waals surface area contributed by atoms with E-state index in [1.165, 1.54) is 36.4 Å². The molecule has 0 radical (unpaired) electrons. The Labute approximate surface area is 155 Å². The summed E-state index contributed by atoms with van der Waals surface area (Å²) in [5, 5.41) is 8.11. The highest BCUT2D eigenvalue weighted by Crippen LogP contribution is 2.34. The van der Waals surface area contributed by atoms with Crippen LogP contribution in [0.15, 0.2) is 41.3 Å². The predicted octanol–water partition coefficient (Wildman–Crippen LogP) is 3.68. The molecule has 0 heterocycles. The van der Waals surface area contributed by atoms with Gasteiger partial charge in [0.1, 0.15) is 0 Å². The quantitative estimate of drug-likeness (QED) is 0.769. The van der Waals surface area contributed by atoms with Crippen LogP contribution >= 0.6 is 23.2 Å². The topological polar surface area (TPSA) is 98.5 Å². The van der Waals surface area contributed by atoms with E-state index in [1.807, 2.05) is 6.92 Å². The molecule has 0 bridgehead atoms. The molecule has 0 spiro atoms. The number of rotatable bonds is 6. The van der Waals surface area contributed by atoms with Crippen molar-refractivity contribution in [2.75, 3.05) is 11.9 Å². The molecule has 0 saturated carbocycles. The summed E-state index contributed by atoms with van der Waals surface area (Å²) < 4.78 is 27.9. The van der Waals surface area contributed by atoms with Gasteiger partial charge >= 0.3 is 0 Å². The highest BCUT2D eigenvalue weighted by Gasteiger charge is 2.15. The molecule has 134 valence electrons. The molecular weight excluding hydrogens is 387 g/mol. The van der Waals surface area contributed by atoms with Crippen LogP contribution in [-0.2, 0) is 10.0 Å². The first-order chi connectivity index (χ1) is 11.7. The van der Waals surface area contributed by atoms with Gasteiger partial charge in [-0.15, -0.1) is 0 Å². The number of benzene rings is 2. The summed E-state index contributed by atoms with van der Waals surface area (Å²) in [6.45, 7) is 2.41. The Hall–Kier alpha value is -1.80. The number of ether oxygens (including phenoxy) is 1. The number of sulfonamides is 1. The fraction of sp³-hybridized carbons (Fsp3) is 0.188. The van der Waals surface area contributed by atoms with Gasteiger partial charge in [-0.2, -0.15) is 0 Å². The number of anilines is 1. The van der Waals surface area contributed by atoms with Crippen LogP contribution in [0.3, 0.4) is 0 Å². The fourth-order valence-corrected chi connectivity index (χ4v) is 3.08. The molecule has 3 N–H and O–H groups in total. The zero-order valence-corrected chi connectivity index (χ0v) is 15.6. The highest BCUT2D eigenvalue weighted by atomic mass is 35.5. The van der Waals surface area contributed by atoms with Gasteiger partial charge in [-0.05, 0) is 42.8 Å². The Morgan fingerprint density at radius 3 is 2.20 bits per heavy atom.